The smallest absolute Gasteiger partial charge is 0.330 e. The van der Waals surface area contributed by atoms with Crippen molar-refractivity contribution in [1.29, 1.82) is 0 Å². The van der Waals surface area contributed by atoms with Crippen LogP contribution in [0.2, 0.25) is 0 Å². The maximum atomic E-state index is 11.8. The Bertz CT molecular complexity index is 747. The summed E-state index contributed by atoms with van der Waals surface area (Å²) >= 11 is 0. The van der Waals surface area contributed by atoms with E-state index in [0.717, 1.165) is 4.90 Å². The first-order chi connectivity index (χ1) is 12.5. The van der Waals surface area contributed by atoms with Crippen molar-refractivity contribution in [3.05, 3.63) is 42.0 Å². The van der Waals surface area contributed by atoms with Crippen LogP contribution < -0.4 is 4.90 Å². The predicted octanol–water partition coefficient (Wildman–Crippen LogP) is 1.29. The molecule has 26 heavy (non-hydrogen) atoms. The Kier molecular flexibility index (Phi) is 6.00. The number of imide groups is 2. The van der Waals surface area contributed by atoms with E-state index in [1.807, 2.05) is 13.8 Å². The molecule has 8 nitrogen and oxygen atoms in total. The zero-order valence-corrected chi connectivity index (χ0v) is 14.4. The number of carbonyl (C=O) groups is 5. The van der Waals surface area contributed by atoms with Gasteiger partial charge >= 0.3 is 5.97 Å². The Balaban J connectivity index is 0.00000117. The fourth-order valence-electron chi connectivity index (χ4n) is 2.38. The van der Waals surface area contributed by atoms with Gasteiger partial charge in [-0.3, -0.25) is 19.2 Å². The van der Waals surface area contributed by atoms with E-state index in [-0.39, 0.29) is 19.3 Å². The van der Waals surface area contributed by atoms with Gasteiger partial charge in [0.2, 0.25) is 0 Å². The number of amides is 4. The second kappa shape index (κ2) is 8.19. The largest absolute Gasteiger partial charge is 0.337 e. The molecule has 0 aromatic heterocycles. The highest BCUT2D eigenvalue weighted by atomic mass is 16.7. The van der Waals surface area contributed by atoms with Crippen molar-refractivity contribution >= 4 is 35.3 Å². The molecule has 0 N–H and O–H groups in total. The summed E-state index contributed by atoms with van der Waals surface area (Å²) in [4.78, 5) is 63.5. The molecular formula is C18H18N2O6. The number of hydrogen-bond donors (Lipinski definition) is 0. The summed E-state index contributed by atoms with van der Waals surface area (Å²) in [6, 6.07) is 6.17. The number of carbonyl (C=O) groups excluding carboxylic acids is 5. The molecule has 1 aromatic rings. The molecule has 0 aliphatic carbocycles. The van der Waals surface area contributed by atoms with E-state index in [0.29, 0.717) is 16.3 Å². The predicted molar refractivity (Wildman–Crippen MR) is 90.3 cm³/mol. The van der Waals surface area contributed by atoms with Crippen LogP contribution in [0.3, 0.4) is 0 Å². The van der Waals surface area contributed by atoms with E-state index in [1.165, 1.54) is 24.3 Å². The fraction of sp³-hybridized carbons (Fsp3) is 0.278. The van der Waals surface area contributed by atoms with Crippen LogP contribution >= 0.6 is 0 Å². The monoisotopic (exact) mass is 358 g/mol. The molecule has 1 aromatic carbocycles. The average Bonchev–Trinajstić information content (AvgIpc) is 3.13. The minimum atomic E-state index is -0.749. The van der Waals surface area contributed by atoms with Gasteiger partial charge in [-0.2, -0.15) is 0 Å². The summed E-state index contributed by atoms with van der Waals surface area (Å²) in [5.74, 6) is -2.69. The van der Waals surface area contributed by atoms with Crippen molar-refractivity contribution in [2.45, 2.75) is 33.1 Å². The van der Waals surface area contributed by atoms with Gasteiger partial charge in [0, 0.05) is 25.0 Å². The van der Waals surface area contributed by atoms with Crippen molar-refractivity contribution in [2.24, 2.45) is 0 Å². The SMILES string of the molecule is CC.O=C(Cc1ccc(N2C(=O)C=CC2=O)cc1)ON1C(=O)CCC1=O. The third-order valence-corrected chi connectivity index (χ3v) is 3.55. The van der Waals surface area contributed by atoms with Crippen LogP contribution in [0.4, 0.5) is 5.69 Å². The van der Waals surface area contributed by atoms with Crippen LogP contribution in [0.5, 0.6) is 0 Å². The standard InChI is InChI=1S/C16H12N2O6.C2H6/c19-12-5-6-13(20)17(12)11-3-1-10(2-4-11)9-16(23)24-18-14(21)7-8-15(18)22;1-2/h1-6H,7-9H2;1-2H3. The van der Waals surface area contributed by atoms with E-state index in [9.17, 15) is 24.0 Å². The fourth-order valence-corrected chi connectivity index (χ4v) is 2.38. The van der Waals surface area contributed by atoms with E-state index >= 15 is 0 Å². The number of nitrogens with zero attached hydrogens (tertiary/aromatic N) is 2. The van der Waals surface area contributed by atoms with Gasteiger partial charge in [0.05, 0.1) is 12.1 Å². The molecule has 4 amide bonds. The minimum absolute atomic E-state index is 0.0345. The van der Waals surface area contributed by atoms with Gasteiger partial charge < -0.3 is 4.84 Å². The number of benzene rings is 1. The number of rotatable bonds is 4. The number of hydroxylamine groups is 2. The molecule has 1 fully saturated rings. The molecule has 0 unspecified atom stereocenters. The first-order valence-corrected chi connectivity index (χ1v) is 8.17. The molecule has 0 atom stereocenters. The summed E-state index contributed by atoms with van der Waals surface area (Å²) in [5.41, 5.74) is 0.937. The summed E-state index contributed by atoms with van der Waals surface area (Å²) in [6.07, 6.45) is 2.27. The second-order valence-electron chi connectivity index (χ2n) is 5.23. The van der Waals surface area contributed by atoms with E-state index in [2.05, 4.69) is 0 Å². The molecule has 3 rings (SSSR count). The van der Waals surface area contributed by atoms with Gasteiger partial charge in [0.15, 0.2) is 0 Å². The second-order valence-corrected chi connectivity index (χ2v) is 5.23. The zero-order chi connectivity index (χ0) is 19.3. The Labute approximate surface area is 150 Å². The lowest BCUT2D eigenvalue weighted by molar-refractivity contribution is -0.197. The molecule has 8 heteroatoms. The Hall–Kier alpha value is -3.29. The first kappa shape index (κ1) is 19.0. The Morgan fingerprint density at radius 2 is 1.42 bits per heavy atom. The van der Waals surface area contributed by atoms with Gasteiger partial charge in [0.1, 0.15) is 0 Å². The van der Waals surface area contributed by atoms with E-state index < -0.39 is 29.6 Å². The van der Waals surface area contributed by atoms with Crippen molar-refractivity contribution in [3.63, 3.8) is 0 Å². The van der Waals surface area contributed by atoms with Gasteiger partial charge in [-0.05, 0) is 17.7 Å². The van der Waals surface area contributed by atoms with Gasteiger partial charge in [-0.1, -0.05) is 26.0 Å². The van der Waals surface area contributed by atoms with Gasteiger partial charge in [-0.15, -0.1) is 5.06 Å². The van der Waals surface area contributed by atoms with Crippen molar-refractivity contribution in [3.8, 4) is 0 Å². The topological polar surface area (TPSA) is 101 Å². The lowest BCUT2D eigenvalue weighted by Crippen LogP contribution is -2.32. The molecule has 0 bridgehead atoms. The minimum Gasteiger partial charge on any atom is -0.330 e. The van der Waals surface area contributed by atoms with Gasteiger partial charge in [-0.25, -0.2) is 9.69 Å². The van der Waals surface area contributed by atoms with Crippen molar-refractivity contribution in [2.75, 3.05) is 4.90 Å². The van der Waals surface area contributed by atoms with Crippen molar-refractivity contribution < 1.29 is 28.8 Å². The van der Waals surface area contributed by atoms with Crippen LogP contribution in [-0.2, 0) is 35.2 Å². The zero-order valence-electron chi connectivity index (χ0n) is 14.4. The first-order valence-electron chi connectivity index (χ1n) is 8.17. The lowest BCUT2D eigenvalue weighted by Gasteiger charge is -2.15. The normalized spacial score (nSPS) is 16.1. The summed E-state index contributed by atoms with van der Waals surface area (Å²) in [5, 5.41) is 0.490. The Morgan fingerprint density at radius 1 is 0.923 bits per heavy atom. The van der Waals surface area contributed by atoms with Crippen LogP contribution in [-0.4, -0.2) is 34.7 Å². The lowest BCUT2D eigenvalue weighted by atomic mass is 10.1. The van der Waals surface area contributed by atoms with Crippen molar-refractivity contribution in [1.82, 2.24) is 5.06 Å². The molecule has 0 saturated carbocycles. The molecule has 2 aliphatic heterocycles. The highest BCUT2D eigenvalue weighted by Crippen LogP contribution is 2.20. The number of anilines is 1. The van der Waals surface area contributed by atoms with E-state index in [1.54, 1.807) is 12.1 Å². The maximum Gasteiger partial charge on any atom is 0.337 e. The quantitative estimate of drug-likeness (QED) is 0.752. The van der Waals surface area contributed by atoms with Crippen LogP contribution in [0.15, 0.2) is 36.4 Å². The molecule has 0 spiro atoms. The Morgan fingerprint density at radius 3 is 1.92 bits per heavy atom. The molecule has 2 aliphatic rings. The summed E-state index contributed by atoms with van der Waals surface area (Å²) < 4.78 is 0. The third-order valence-electron chi connectivity index (χ3n) is 3.55. The highest BCUT2D eigenvalue weighted by Gasteiger charge is 2.32. The van der Waals surface area contributed by atoms with E-state index in [4.69, 9.17) is 4.84 Å². The van der Waals surface area contributed by atoms with Gasteiger partial charge in [0.25, 0.3) is 23.6 Å². The van der Waals surface area contributed by atoms with Crippen LogP contribution in [0.1, 0.15) is 32.3 Å². The summed E-state index contributed by atoms with van der Waals surface area (Å²) in [7, 11) is 0. The molecule has 1 saturated heterocycles. The molecular weight excluding hydrogens is 340 g/mol. The molecule has 2 heterocycles. The third kappa shape index (κ3) is 4.02. The van der Waals surface area contributed by atoms with Crippen LogP contribution in [0.25, 0.3) is 0 Å². The molecule has 0 radical (unpaired) electrons. The number of hydrogen-bond acceptors (Lipinski definition) is 6. The highest BCUT2D eigenvalue weighted by molar-refractivity contribution is 6.28. The maximum absolute atomic E-state index is 11.8. The van der Waals surface area contributed by atoms with Crippen LogP contribution in [0, 0.1) is 0 Å². The summed E-state index contributed by atoms with van der Waals surface area (Å²) in [6.45, 7) is 4.00. The average molecular weight is 358 g/mol. The molecule has 136 valence electrons.